The lowest BCUT2D eigenvalue weighted by Crippen LogP contribution is -2.55. The maximum Gasteiger partial charge on any atom is 0.410 e. The number of alkyl carbamates (subject to hydrolysis) is 2. The Morgan fingerprint density at radius 2 is 0.981 bits per heavy atom. The molecule has 0 radical (unpaired) electrons. The first-order valence-electron chi connectivity index (χ1n) is 17.7. The molecular formula is C38H56N4O10. The molecule has 2 aliphatic heterocycles. The van der Waals surface area contributed by atoms with Gasteiger partial charge < -0.3 is 49.6 Å². The third kappa shape index (κ3) is 15.0. The molecule has 2 aromatic rings. The Kier molecular flexibility index (Phi) is 16.0. The summed E-state index contributed by atoms with van der Waals surface area (Å²) in [5.74, 6) is -0.249. The van der Waals surface area contributed by atoms with Crippen LogP contribution in [0.4, 0.5) is 19.2 Å². The van der Waals surface area contributed by atoms with E-state index in [1.807, 2.05) is 60.7 Å². The van der Waals surface area contributed by atoms with Gasteiger partial charge in [0, 0.05) is 51.2 Å². The Hall–Kier alpha value is -4.56. The van der Waals surface area contributed by atoms with E-state index < -0.39 is 35.6 Å². The highest BCUT2D eigenvalue weighted by atomic mass is 16.6. The first kappa shape index (κ1) is 41.9. The van der Waals surface area contributed by atoms with Crippen LogP contribution in [0, 0.1) is 11.8 Å². The lowest BCUT2D eigenvalue weighted by molar-refractivity contribution is 0.0333. The molecule has 2 fully saturated rings. The third-order valence-electron chi connectivity index (χ3n) is 8.31. The molecular weight excluding hydrogens is 672 g/mol. The predicted octanol–water partition coefficient (Wildman–Crippen LogP) is 5.06. The maximum absolute atomic E-state index is 12.3. The zero-order chi connectivity index (χ0) is 38.3. The highest BCUT2D eigenvalue weighted by Crippen LogP contribution is 2.21. The largest absolute Gasteiger partial charge is 0.445 e. The van der Waals surface area contributed by atoms with Crippen LogP contribution in [0.3, 0.4) is 0 Å². The van der Waals surface area contributed by atoms with Crippen LogP contribution in [-0.4, -0.2) is 107 Å². The lowest BCUT2D eigenvalue weighted by atomic mass is 9.92. The first-order valence-corrected chi connectivity index (χ1v) is 17.7. The average molecular weight is 729 g/mol. The van der Waals surface area contributed by atoms with Crippen LogP contribution in [-0.2, 0) is 32.2 Å². The molecule has 288 valence electrons. The molecule has 52 heavy (non-hydrogen) atoms. The summed E-state index contributed by atoms with van der Waals surface area (Å²) in [4.78, 5) is 51.8. The highest BCUT2D eigenvalue weighted by molar-refractivity contribution is 5.70. The van der Waals surface area contributed by atoms with Gasteiger partial charge in [-0.05, 0) is 65.5 Å². The smallest absolute Gasteiger partial charge is 0.410 e. The van der Waals surface area contributed by atoms with Crippen molar-refractivity contribution < 1.29 is 48.3 Å². The van der Waals surface area contributed by atoms with Crippen LogP contribution >= 0.6 is 0 Å². The fraction of sp³-hybridized carbons (Fsp3) is 0.579. The molecule has 2 saturated heterocycles. The molecule has 0 aliphatic carbocycles. The number of carbonyl (C=O) groups excluding carboxylic acids is 4. The number of nitrogens with one attached hydrogen (secondary N) is 2. The van der Waals surface area contributed by atoms with Crippen LogP contribution < -0.4 is 10.6 Å². The van der Waals surface area contributed by atoms with Gasteiger partial charge in [0.2, 0.25) is 0 Å². The van der Waals surface area contributed by atoms with Crippen molar-refractivity contribution in [3.63, 3.8) is 0 Å². The summed E-state index contributed by atoms with van der Waals surface area (Å²) in [5, 5.41) is 24.6. The predicted molar refractivity (Wildman–Crippen MR) is 193 cm³/mol. The second-order valence-corrected chi connectivity index (χ2v) is 14.9. The molecule has 0 unspecified atom stereocenters. The number of hydrogen-bond donors (Lipinski definition) is 4. The number of aliphatic hydroxyl groups excluding tert-OH is 2. The molecule has 2 heterocycles. The molecule has 4 atom stereocenters. The zero-order valence-corrected chi connectivity index (χ0v) is 31.2. The monoisotopic (exact) mass is 728 g/mol. The van der Waals surface area contributed by atoms with E-state index >= 15 is 0 Å². The number of ether oxygens (including phenoxy) is 4. The number of benzene rings is 2. The van der Waals surface area contributed by atoms with Crippen LogP contribution in [0.1, 0.15) is 65.5 Å². The molecule has 4 amide bonds. The minimum Gasteiger partial charge on any atom is -0.445 e. The maximum atomic E-state index is 12.3. The Bertz CT molecular complexity index is 1310. The molecule has 4 N–H and O–H groups in total. The molecule has 2 aromatic carbocycles. The summed E-state index contributed by atoms with van der Waals surface area (Å²) < 4.78 is 21.2. The van der Waals surface area contributed by atoms with Crippen molar-refractivity contribution in [3.8, 4) is 0 Å². The van der Waals surface area contributed by atoms with E-state index in [-0.39, 0.29) is 63.4 Å². The Labute approximate surface area is 306 Å². The molecule has 14 heteroatoms. The second-order valence-electron chi connectivity index (χ2n) is 14.9. The van der Waals surface area contributed by atoms with Gasteiger partial charge in [0.25, 0.3) is 0 Å². The number of nitrogens with zero attached hydrogens (tertiary/aromatic N) is 2. The topological polar surface area (TPSA) is 176 Å². The summed E-state index contributed by atoms with van der Waals surface area (Å²) in [6, 6.07) is 18.1. The molecule has 0 saturated carbocycles. The minimum absolute atomic E-state index is 0.0621. The van der Waals surface area contributed by atoms with E-state index in [1.165, 1.54) is 0 Å². The number of rotatable bonds is 8. The van der Waals surface area contributed by atoms with Crippen molar-refractivity contribution >= 4 is 24.4 Å². The van der Waals surface area contributed by atoms with E-state index in [0.717, 1.165) is 11.1 Å². The lowest BCUT2D eigenvalue weighted by Gasteiger charge is -2.37. The van der Waals surface area contributed by atoms with Crippen LogP contribution in [0.25, 0.3) is 0 Å². The van der Waals surface area contributed by atoms with Crippen molar-refractivity contribution in [1.29, 1.82) is 0 Å². The highest BCUT2D eigenvalue weighted by Gasteiger charge is 2.35. The molecule has 2 aliphatic rings. The van der Waals surface area contributed by atoms with E-state index in [0.29, 0.717) is 25.9 Å². The standard InChI is InChI=1S/2C19H28N2O5/c2*1-19(2,3)26-17(23)20-16-11-21(10-9-15(16)12-22)18(24)25-13-14-7-5-4-6-8-14/h2*4-8,15-16,22H,9-13H2,1-3H3,(H,20,23)/t2*15-,16+/m10/s1. The number of piperidine rings is 2. The zero-order valence-electron chi connectivity index (χ0n) is 31.2. The van der Waals surface area contributed by atoms with E-state index in [4.69, 9.17) is 18.9 Å². The summed E-state index contributed by atoms with van der Waals surface area (Å²) in [6.45, 7) is 12.5. The summed E-state index contributed by atoms with van der Waals surface area (Å²) >= 11 is 0. The van der Waals surface area contributed by atoms with Gasteiger partial charge in [-0.15, -0.1) is 0 Å². The number of aliphatic hydroxyl groups is 2. The quantitative estimate of drug-likeness (QED) is 0.269. The number of amides is 4. The molecule has 0 aromatic heterocycles. The van der Waals surface area contributed by atoms with Gasteiger partial charge in [0.05, 0.1) is 12.1 Å². The first-order chi connectivity index (χ1) is 24.6. The summed E-state index contributed by atoms with van der Waals surface area (Å²) in [6.07, 6.45) is -0.808. The van der Waals surface area contributed by atoms with E-state index in [9.17, 15) is 29.4 Å². The van der Waals surface area contributed by atoms with Crippen molar-refractivity contribution in [2.24, 2.45) is 11.8 Å². The van der Waals surface area contributed by atoms with E-state index in [1.54, 1.807) is 51.3 Å². The molecule has 14 nitrogen and oxygen atoms in total. The SMILES string of the molecule is CC(C)(C)OC(=O)N[C@@H]1CN(C(=O)OCc2ccccc2)CC[C@H]1CO.CC(C)(C)OC(=O)N[C@H]1CN(C(=O)OCc2ccccc2)CC[C@@H]1CO. The van der Waals surface area contributed by atoms with Gasteiger partial charge in [-0.3, -0.25) is 0 Å². The molecule has 0 bridgehead atoms. The van der Waals surface area contributed by atoms with Crippen LogP contribution in [0.2, 0.25) is 0 Å². The van der Waals surface area contributed by atoms with Crippen molar-refractivity contribution in [2.75, 3.05) is 39.4 Å². The fourth-order valence-corrected chi connectivity index (χ4v) is 5.64. The number of hydrogen-bond acceptors (Lipinski definition) is 10. The Morgan fingerprint density at radius 1 is 0.635 bits per heavy atom. The van der Waals surface area contributed by atoms with Crippen molar-refractivity contribution in [3.05, 3.63) is 71.8 Å². The minimum atomic E-state index is -0.609. The molecule has 0 spiro atoms. The van der Waals surface area contributed by atoms with Gasteiger partial charge in [-0.25, -0.2) is 19.2 Å². The number of likely N-dealkylation sites (tertiary alicyclic amines) is 2. The van der Waals surface area contributed by atoms with Crippen LogP contribution in [0.15, 0.2) is 60.7 Å². The fourth-order valence-electron chi connectivity index (χ4n) is 5.64. The van der Waals surface area contributed by atoms with Gasteiger partial charge in [0.15, 0.2) is 0 Å². The summed E-state index contributed by atoms with van der Waals surface area (Å²) in [5.41, 5.74) is 0.604. The Balaban J connectivity index is 0.000000280. The Morgan fingerprint density at radius 3 is 1.29 bits per heavy atom. The van der Waals surface area contributed by atoms with Gasteiger partial charge in [0.1, 0.15) is 24.4 Å². The number of carbonyl (C=O) groups is 4. The van der Waals surface area contributed by atoms with Crippen molar-refractivity contribution in [2.45, 2.75) is 90.9 Å². The van der Waals surface area contributed by atoms with Crippen molar-refractivity contribution in [1.82, 2.24) is 20.4 Å². The average Bonchev–Trinajstić information content (AvgIpc) is 3.09. The van der Waals surface area contributed by atoms with Gasteiger partial charge in [-0.2, -0.15) is 0 Å². The molecule has 4 rings (SSSR count). The van der Waals surface area contributed by atoms with E-state index in [2.05, 4.69) is 10.6 Å². The third-order valence-corrected chi connectivity index (χ3v) is 8.31. The second kappa shape index (κ2) is 19.9. The van der Waals surface area contributed by atoms with Gasteiger partial charge in [-0.1, -0.05) is 60.7 Å². The van der Waals surface area contributed by atoms with Crippen LogP contribution in [0.5, 0.6) is 0 Å². The van der Waals surface area contributed by atoms with Gasteiger partial charge >= 0.3 is 24.4 Å². The normalized spacial score (nSPS) is 20.4. The summed E-state index contributed by atoms with van der Waals surface area (Å²) in [7, 11) is 0.